The Morgan fingerprint density at radius 2 is 1.47 bits per heavy atom. The Kier molecular flexibility index (Phi) is 8.85. The van der Waals surface area contributed by atoms with Gasteiger partial charge in [0.15, 0.2) is 0 Å². The molecule has 1 aliphatic heterocycles. The maximum atomic E-state index is 13.0. The van der Waals surface area contributed by atoms with Crippen molar-refractivity contribution in [2.24, 2.45) is 5.73 Å². The average Bonchev–Trinajstić information content (AvgIpc) is 3.35. The van der Waals surface area contributed by atoms with Gasteiger partial charge in [0.05, 0.1) is 12.6 Å². The number of hydrogen-bond donors (Lipinski definition) is 6. The highest BCUT2D eigenvalue weighted by Gasteiger charge is 2.34. The van der Waals surface area contributed by atoms with E-state index in [9.17, 15) is 34.5 Å². The SMILES string of the molecule is NC(Cc1ccc(O)cc1)C(=O)NC(Cc1ccc(O)cc1)C(=O)NCC(=O)N1CCCC1C(=O)O. The zero-order chi connectivity index (χ0) is 26.2. The summed E-state index contributed by atoms with van der Waals surface area (Å²) in [6, 6.07) is 9.37. The van der Waals surface area contributed by atoms with Crippen molar-refractivity contribution in [3.63, 3.8) is 0 Å². The van der Waals surface area contributed by atoms with Crippen LogP contribution in [0.3, 0.4) is 0 Å². The molecule has 0 radical (unpaired) electrons. The predicted molar refractivity (Wildman–Crippen MR) is 129 cm³/mol. The maximum absolute atomic E-state index is 13.0. The second-order valence-electron chi connectivity index (χ2n) is 8.71. The van der Waals surface area contributed by atoms with Crippen molar-refractivity contribution in [1.29, 1.82) is 0 Å². The van der Waals surface area contributed by atoms with E-state index in [2.05, 4.69) is 10.6 Å². The van der Waals surface area contributed by atoms with E-state index in [1.807, 2.05) is 0 Å². The monoisotopic (exact) mass is 498 g/mol. The Balaban J connectivity index is 1.65. The third-order valence-electron chi connectivity index (χ3n) is 6.01. The molecule has 2 aromatic rings. The van der Waals surface area contributed by atoms with Crippen LogP contribution in [0.5, 0.6) is 11.5 Å². The second-order valence-corrected chi connectivity index (χ2v) is 8.71. The highest BCUT2D eigenvalue weighted by molar-refractivity contribution is 5.93. The lowest BCUT2D eigenvalue weighted by Gasteiger charge is -2.23. The molecule has 3 rings (SSSR count). The van der Waals surface area contributed by atoms with Crippen molar-refractivity contribution in [1.82, 2.24) is 15.5 Å². The lowest BCUT2D eigenvalue weighted by molar-refractivity contribution is -0.148. The Labute approximate surface area is 207 Å². The van der Waals surface area contributed by atoms with Gasteiger partial charge in [0.25, 0.3) is 0 Å². The van der Waals surface area contributed by atoms with E-state index in [1.165, 1.54) is 29.2 Å². The normalized spacial score (nSPS) is 16.7. The fourth-order valence-electron chi connectivity index (χ4n) is 4.04. The van der Waals surface area contributed by atoms with Crippen LogP contribution in [-0.4, -0.2) is 75.1 Å². The van der Waals surface area contributed by atoms with E-state index in [4.69, 9.17) is 5.73 Å². The first kappa shape index (κ1) is 26.5. The molecule has 192 valence electrons. The average molecular weight is 499 g/mol. The van der Waals surface area contributed by atoms with Crippen LogP contribution in [0, 0.1) is 0 Å². The largest absolute Gasteiger partial charge is 0.508 e. The number of likely N-dealkylation sites (tertiary alicyclic amines) is 1. The number of amides is 3. The highest BCUT2D eigenvalue weighted by atomic mass is 16.4. The summed E-state index contributed by atoms with van der Waals surface area (Å²) in [7, 11) is 0. The fraction of sp³-hybridized carbons (Fsp3) is 0.360. The van der Waals surface area contributed by atoms with Crippen molar-refractivity contribution in [2.75, 3.05) is 13.1 Å². The molecule has 0 spiro atoms. The van der Waals surface area contributed by atoms with Gasteiger partial charge in [-0.05, 0) is 54.7 Å². The molecule has 2 aromatic carbocycles. The van der Waals surface area contributed by atoms with Crippen LogP contribution in [0.1, 0.15) is 24.0 Å². The molecule has 0 aromatic heterocycles. The highest BCUT2D eigenvalue weighted by Crippen LogP contribution is 2.17. The van der Waals surface area contributed by atoms with Crippen LogP contribution >= 0.6 is 0 Å². The number of benzene rings is 2. The Bertz CT molecular complexity index is 1090. The lowest BCUT2D eigenvalue weighted by Crippen LogP contribution is -2.54. The molecule has 1 saturated heterocycles. The Morgan fingerprint density at radius 1 is 0.917 bits per heavy atom. The number of rotatable bonds is 10. The zero-order valence-corrected chi connectivity index (χ0v) is 19.6. The number of nitrogens with two attached hydrogens (primary N) is 1. The molecule has 1 aliphatic rings. The molecule has 3 amide bonds. The number of phenols is 2. The molecule has 1 fully saturated rings. The summed E-state index contributed by atoms with van der Waals surface area (Å²) in [5.41, 5.74) is 7.41. The third-order valence-corrected chi connectivity index (χ3v) is 6.01. The van der Waals surface area contributed by atoms with E-state index in [-0.39, 0.29) is 24.3 Å². The zero-order valence-electron chi connectivity index (χ0n) is 19.6. The van der Waals surface area contributed by atoms with Crippen LogP contribution in [0.15, 0.2) is 48.5 Å². The van der Waals surface area contributed by atoms with Gasteiger partial charge in [0, 0.05) is 13.0 Å². The molecular formula is C25H30N4O7. The summed E-state index contributed by atoms with van der Waals surface area (Å²) in [5, 5.41) is 33.3. The van der Waals surface area contributed by atoms with Gasteiger partial charge >= 0.3 is 5.97 Å². The Morgan fingerprint density at radius 3 is 2.03 bits per heavy atom. The standard InChI is InChI=1S/C25H30N4O7/c26-19(12-15-3-7-17(30)8-4-15)23(33)28-20(13-16-5-9-18(31)10-6-16)24(34)27-14-22(32)29-11-1-2-21(29)25(35)36/h3-10,19-21,30-31H,1-2,11-14,26H2,(H,27,34)(H,28,33)(H,35,36). The number of hydrogen-bond acceptors (Lipinski definition) is 7. The van der Waals surface area contributed by atoms with E-state index < -0.39 is 48.4 Å². The van der Waals surface area contributed by atoms with E-state index >= 15 is 0 Å². The molecule has 3 unspecified atom stereocenters. The van der Waals surface area contributed by atoms with Crippen LogP contribution in [0.4, 0.5) is 0 Å². The molecule has 11 heteroatoms. The summed E-state index contributed by atoms with van der Waals surface area (Å²) in [6.07, 6.45) is 1.16. The molecule has 0 bridgehead atoms. The molecule has 0 aliphatic carbocycles. The number of nitrogens with one attached hydrogen (secondary N) is 2. The van der Waals surface area contributed by atoms with Crippen molar-refractivity contribution in [3.8, 4) is 11.5 Å². The number of phenolic OH excluding ortho intramolecular Hbond substituents is 2. The van der Waals surface area contributed by atoms with Gasteiger partial charge in [-0.1, -0.05) is 24.3 Å². The second kappa shape index (κ2) is 12.0. The summed E-state index contributed by atoms with van der Waals surface area (Å²) >= 11 is 0. The first-order valence-electron chi connectivity index (χ1n) is 11.6. The van der Waals surface area contributed by atoms with E-state index in [0.29, 0.717) is 24.9 Å². The van der Waals surface area contributed by atoms with Gasteiger partial charge < -0.3 is 36.6 Å². The molecule has 1 heterocycles. The number of carboxylic acids is 1. The molecule has 7 N–H and O–H groups in total. The number of carbonyl (C=O) groups excluding carboxylic acids is 3. The number of carbonyl (C=O) groups is 4. The number of nitrogens with zero attached hydrogens (tertiary/aromatic N) is 1. The van der Waals surface area contributed by atoms with Crippen molar-refractivity contribution < 1.29 is 34.5 Å². The predicted octanol–water partition coefficient (Wildman–Crippen LogP) is -0.113. The van der Waals surface area contributed by atoms with Gasteiger partial charge in [-0.2, -0.15) is 0 Å². The smallest absolute Gasteiger partial charge is 0.326 e. The van der Waals surface area contributed by atoms with E-state index in [0.717, 1.165) is 5.56 Å². The van der Waals surface area contributed by atoms with Crippen LogP contribution < -0.4 is 16.4 Å². The van der Waals surface area contributed by atoms with Gasteiger partial charge in [-0.25, -0.2) is 4.79 Å². The lowest BCUT2D eigenvalue weighted by atomic mass is 10.0. The quantitative estimate of drug-likeness (QED) is 0.262. The number of aromatic hydroxyl groups is 2. The summed E-state index contributed by atoms with van der Waals surface area (Å²) in [6.45, 7) is -0.115. The molecule has 11 nitrogen and oxygen atoms in total. The summed E-state index contributed by atoms with van der Waals surface area (Å²) < 4.78 is 0. The van der Waals surface area contributed by atoms with Crippen LogP contribution in [0.25, 0.3) is 0 Å². The van der Waals surface area contributed by atoms with Crippen LogP contribution in [0.2, 0.25) is 0 Å². The molecule has 0 saturated carbocycles. The van der Waals surface area contributed by atoms with Crippen molar-refractivity contribution in [2.45, 2.75) is 43.8 Å². The minimum absolute atomic E-state index is 0.0453. The fourth-order valence-corrected chi connectivity index (χ4v) is 4.04. The summed E-state index contributed by atoms with van der Waals surface area (Å²) in [5.74, 6) is -2.70. The maximum Gasteiger partial charge on any atom is 0.326 e. The number of aliphatic carboxylic acids is 1. The van der Waals surface area contributed by atoms with Crippen LogP contribution in [-0.2, 0) is 32.0 Å². The molecule has 36 heavy (non-hydrogen) atoms. The van der Waals surface area contributed by atoms with Crippen molar-refractivity contribution >= 4 is 23.7 Å². The minimum atomic E-state index is -1.09. The summed E-state index contributed by atoms with van der Waals surface area (Å²) in [4.78, 5) is 50.9. The van der Waals surface area contributed by atoms with Gasteiger partial charge in [-0.3, -0.25) is 14.4 Å². The first-order chi connectivity index (χ1) is 17.1. The van der Waals surface area contributed by atoms with Gasteiger partial charge in [0.1, 0.15) is 23.6 Å². The topological polar surface area (TPSA) is 182 Å². The van der Waals surface area contributed by atoms with Gasteiger partial charge in [0.2, 0.25) is 17.7 Å². The molecular weight excluding hydrogens is 468 g/mol. The first-order valence-corrected chi connectivity index (χ1v) is 11.6. The number of carboxylic acid groups (broad SMARTS) is 1. The Hall–Kier alpha value is -4.12. The minimum Gasteiger partial charge on any atom is -0.508 e. The van der Waals surface area contributed by atoms with E-state index in [1.54, 1.807) is 24.3 Å². The van der Waals surface area contributed by atoms with Gasteiger partial charge in [-0.15, -0.1) is 0 Å². The molecule has 3 atom stereocenters. The third kappa shape index (κ3) is 7.19. The van der Waals surface area contributed by atoms with Crippen molar-refractivity contribution in [3.05, 3.63) is 59.7 Å².